The lowest BCUT2D eigenvalue weighted by atomic mass is 10.0. The molecular weight excluding hydrogens is 522 g/mol. The van der Waals surface area contributed by atoms with Gasteiger partial charge in [-0.1, -0.05) is 108 Å². The van der Waals surface area contributed by atoms with E-state index >= 15 is 0 Å². The normalized spacial score (nSPS) is 11.2. The summed E-state index contributed by atoms with van der Waals surface area (Å²) < 4.78 is 13.6. The fraction of sp³-hybridized carbons (Fsp3) is 0.576. The average Bonchev–Trinajstić information content (AvgIpc) is 2.92. The molecule has 2 N–H and O–H groups in total. The van der Waals surface area contributed by atoms with Crippen LogP contribution in [0, 0.1) is 0 Å². The molecule has 0 atom stereocenters. The number of carboxylic acids is 2. The molecule has 0 unspecified atom stereocenters. The summed E-state index contributed by atoms with van der Waals surface area (Å²) in [5, 5.41) is 18.2. The van der Waals surface area contributed by atoms with E-state index in [0.717, 1.165) is 4.48 Å². The lowest BCUT2D eigenvalue weighted by Crippen LogP contribution is -2.35. The highest BCUT2D eigenvalue weighted by atomic mass is 32.2. The summed E-state index contributed by atoms with van der Waals surface area (Å²) in [5.41, 5.74) is -0.211. The van der Waals surface area contributed by atoms with Crippen LogP contribution >= 0.6 is 0 Å². The second-order valence-corrected chi connectivity index (χ2v) is 12.9. The largest absolute Gasteiger partial charge is 0.606 e. The van der Waals surface area contributed by atoms with E-state index in [0.29, 0.717) is 0 Å². The highest BCUT2D eigenvalue weighted by molar-refractivity contribution is 7.91. The molecule has 2 aromatic rings. The van der Waals surface area contributed by atoms with Crippen molar-refractivity contribution in [3.63, 3.8) is 0 Å². The number of carboxylic acid groups (broad SMARTS) is 2. The molecule has 40 heavy (non-hydrogen) atoms. The van der Waals surface area contributed by atoms with Gasteiger partial charge in [0.05, 0.1) is 27.7 Å². The van der Waals surface area contributed by atoms with Gasteiger partial charge in [0.25, 0.3) is 0 Å². The maximum atomic E-state index is 12.5. The molecule has 7 heteroatoms. The quantitative estimate of drug-likeness (QED) is 0.0997. The molecule has 0 aliphatic heterocycles. The third-order valence-corrected chi connectivity index (χ3v) is 8.33. The number of rotatable bonds is 19. The molecule has 0 fully saturated rings. The van der Waals surface area contributed by atoms with E-state index in [4.69, 9.17) is 10.2 Å². The Morgan fingerprint density at radius 1 is 0.625 bits per heavy atom. The molecule has 0 saturated heterocycles. The van der Waals surface area contributed by atoms with E-state index in [2.05, 4.69) is 28.1 Å². The zero-order chi connectivity index (χ0) is 29.8. The van der Waals surface area contributed by atoms with Crippen LogP contribution in [0.4, 0.5) is 0 Å². The molecule has 0 amide bonds. The summed E-state index contributed by atoms with van der Waals surface area (Å²) >= 11 is -1.87. The van der Waals surface area contributed by atoms with E-state index in [1.807, 2.05) is 0 Å². The molecule has 0 aliphatic carbocycles. The van der Waals surface area contributed by atoms with Crippen LogP contribution in [0.25, 0.3) is 0 Å². The first-order chi connectivity index (χ1) is 19.1. The van der Waals surface area contributed by atoms with Gasteiger partial charge < -0.3 is 19.2 Å². The standard InChI is InChI=1S/C19H42N.C14H10O5S/c1-5-6-7-8-9-10-11-12-13-14-15-16-17-18-19-20(2,3)4;15-13(16)9-5-1-3-7-11(9)20(19)12-8-4-2-6-10(12)14(17)18/h5-19H2,1-4H3;1-8H,(H,15,16)(H,17,18)/q+1;. The zero-order valence-corrected chi connectivity index (χ0v) is 26.0. The van der Waals surface area contributed by atoms with Crippen LogP contribution in [0.1, 0.15) is 118 Å². The number of nitrogens with zero attached hydrogens (tertiary/aromatic N) is 1. The number of quaternary nitrogens is 1. The Balaban J connectivity index is 0.000000400. The van der Waals surface area contributed by atoms with Crippen molar-refractivity contribution < 1.29 is 28.8 Å². The van der Waals surface area contributed by atoms with E-state index in [1.165, 1.54) is 133 Å². The minimum absolute atomic E-state index is 0.0775. The predicted molar refractivity (Wildman–Crippen MR) is 165 cm³/mol. The van der Waals surface area contributed by atoms with Crippen LogP contribution in [-0.2, 0) is 11.2 Å². The van der Waals surface area contributed by atoms with Crippen molar-refractivity contribution in [1.29, 1.82) is 0 Å². The van der Waals surface area contributed by atoms with Crippen molar-refractivity contribution in [1.82, 2.24) is 0 Å². The second-order valence-electron chi connectivity index (χ2n) is 11.5. The summed E-state index contributed by atoms with van der Waals surface area (Å²) in [6, 6.07) is 11.7. The molecule has 0 bridgehead atoms. The molecule has 2 rings (SSSR count). The maximum absolute atomic E-state index is 12.5. The van der Waals surface area contributed by atoms with Crippen LogP contribution in [0.3, 0.4) is 0 Å². The summed E-state index contributed by atoms with van der Waals surface area (Å²) in [6.45, 7) is 3.63. The summed E-state index contributed by atoms with van der Waals surface area (Å²) in [7, 11) is 6.88. The highest BCUT2D eigenvalue weighted by Crippen LogP contribution is 2.27. The lowest BCUT2D eigenvalue weighted by Gasteiger charge is -2.23. The Morgan fingerprint density at radius 2 is 0.950 bits per heavy atom. The Kier molecular flexibility index (Phi) is 18.3. The third-order valence-electron chi connectivity index (χ3n) is 6.82. The van der Waals surface area contributed by atoms with Crippen molar-refractivity contribution in [2.45, 2.75) is 107 Å². The van der Waals surface area contributed by atoms with Crippen molar-refractivity contribution in [2.24, 2.45) is 0 Å². The molecule has 0 radical (unpaired) electrons. The first-order valence-electron chi connectivity index (χ1n) is 15.0. The van der Waals surface area contributed by atoms with Gasteiger partial charge in [-0.15, -0.1) is 0 Å². The summed E-state index contributed by atoms with van der Waals surface area (Å²) in [4.78, 5) is 22.4. The van der Waals surface area contributed by atoms with Gasteiger partial charge >= 0.3 is 11.9 Å². The Labute approximate surface area is 245 Å². The Bertz CT molecular complexity index is 931. The van der Waals surface area contributed by atoms with E-state index in [9.17, 15) is 14.1 Å². The molecule has 0 heterocycles. The van der Waals surface area contributed by atoms with Gasteiger partial charge in [0.1, 0.15) is 11.1 Å². The highest BCUT2D eigenvalue weighted by Gasteiger charge is 2.26. The van der Waals surface area contributed by atoms with Gasteiger partial charge in [-0.25, -0.2) is 9.59 Å². The van der Waals surface area contributed by atoms with E-state index in [1.54, 1.807) is 12.1 Å². The van der Waals surface area contributed by atoms with Crippen molar-refractivity contribution >= 4 is 23.1 Å². The number of hydrogen-bond acceptors (Lipinski definition) is 3. The number of benzene rings is 2. The van der Waals surface area contributed by atoms with Crippen LogP contribution in [0.2, 0.25) is 0 Å². The van der Waals surface area contributed by atoms with E-state index in [-0.39, 0.29) is 20.9 Å². The first-order valence-corrected chi connectivity index (χ1v) is 16.1. The number of aromatic carboxylic acids is 2. The van der Waals surface area contributed by atoms with Gasteiger partial charge in [0, 0.05) is 11.2 Å². The number of carbonyl (C=O) groups is 2. The predicted octanol–water partition coefficient (Wildman–Crippen LogP) is 8.42. The van der Waals surface area contributed by atoms with Crippen molar-refractivity contribution in [2.75, 3.05) is 27.7 Å². The molecule has 0 aromatic heterocycles. The number of unbranched alkanes of at least 4 members (excludes halogenated alkanes) is 13. The minimum Gasteiger partial charge on any atom is -0.606 e. The molecule has 2 aromatic carbocycles. The van der Waals surface area contributed by atoms with Gasteiger partial charge in [-0.05, 0) is 37.1 Å². The van der Waals surface area contributed by atoms with Crippen molar-refractivity contribution in [3.05, 3.63) is 59.7 Å². The van der Waals surface area contributed by atoms with Gasteiger partial charge in [-0.2, -0.15) is 0 Å². The molecular formula is C33H52NO5S+. The summed E-state index contributed by atoms with van der Waals surface area (Å²) in [5.74, 6) is -2.41. The van der Waals surface area contributed by atoms with E-state index < -0.39 is 23.1 Å². The molecule has 0 saturated carbocycles. The first kappa shape index (κ1) is 35.7. The monoisotopic (exact) mass is 574 g/mol. The Morgan fingerprint density at radius 3 is 1.27 bits per heavy atom. The van der Waals surface area contributed by atoms with Crippen LogP contribution < -0.4 is 0 Å². The van der Waals surface area contributed by atoms with Gasteiger partial charge in [0.15, 0.2) is 9.79 Å². The zero-order valence-electron chi connectivity index (χ0n) is 25.2. The fourth-order valence-electron chi connectivity index (χ4n) is 4.51. The fourth-order valence-corrected chi connectivity index (χ4v) is 5.86. The lowest BCUT2D eigenvalue weighted by molar-refractivity contribution is -0.870. The minimum atomic E-state index is -1.87. The molecule has 224 valence electrons. The number of hydrogen-bond donors (Lipinski definition) is 2. The van der Waals surface area contributed by atoms with Crippen LogP contribution in [-0.4, -0.2) is 58.9 Å². The second kappa shape index (κ2) is 20.5. The third kappa shape index (κ3) is 15.4. The maximum Gasteiger partial charge on any atom is 0.340 e. The smallest absolute Gasteiger partial charge is 0.340 e. The van der Waals surface area contributed by atoms with Crippen LogP contribution in [0.15, 0.2) is 58.3 Å². The van der Waals surface area contributed by atoms with Crippen LogP contribution in [0.5, 0.6) is 0 Å². The Hall–Kier alpha value is -2.35. The van der Waals surface area contributed by atoms with Gasteiger partial charge in [-0.3, -0.25) is 0 Å². The average molecular weight is 575 g/mol. The molecule has 0 aliphatic rings. The molecule has 6 nitrogen and oxygen atoms in total. The SMILES string of the molecule is CCCCCCCCCCCCCCCC[N+](C)(C)C.O=C(O)c1ccccc1[S+]([O-])c1ccccc1C(=O)O. The summed E-state index contributed by atoms with van der Waals surface area (Å²) in [6.07, 6.45) is 20.4. The topological polar surface area (TPSA) is 97.7 Å². The van der Waals surface area contributed by atoms with Crippen molar-refractivity contribution in [3.8, 4) is 0 Å². The van der Waals surface area contributed by atoms with Gasteiger partial charge in [0.2, 0.25) is 0 Å². The molecule has 0 spiro atoms.